The Kier molecular flexibility index (Phi) is 11.8. The van der Waals surface area contributed by atoms with Crippen LogP contribution in [-0.2, 0) is 25.6 Å². The van der Waals surface area contributed by atoms with Gasteiger partial charge in [-0.25, -0.2) is 0 Å². The van der Waals surface area contributed by atoms with Crippen molar-refractivity contribution in [3.05, 3.63) is 29.8 Å². The molecule has 34 heavy (non-hydrogen) atoms. The summed E-state index contributed by atoms with van der Waals surface area (Å²) in [7, 11) is 0. The number of nitrogens with two attached hydrogens (primary N) is 2. The van der Waals surface area contributed by atoms with Gasteiger partial charge in [-0.2, -0.15) is 0 Å². The first-order valence-corrected chi connectivity index (χ1v) is 10.4. The Hall–Kier alpha value is -3.91. The first kappa shape index (κ1) is 28.1. The topological polar surface area (TPSA) is 253 Å². The lowest BCUT2D eigenvalue weighted by molar-refractivity contribution is -0.139. The Labute approximate surface area is 195 Å². The Bertz CT molecular complexity index is 863. The lowest BCUT2D eigenvalue weighted by Gasteiger charge is -2.23. The standard InChI is InChI=1S/C20H31N7O7/c21-13(2-1-7-24-20(22)23)17(32)26-14(8-11-3-5-12(29)6-4-11)19(34)27-15(10-28)18(33)25-9-16(30)31/h3-6,13-15,28-29H,1-2,7-10,21H2,(H,25,33)(H,26,32)(H,27,34)(H,30,31)(H4,22,23,24)/t13-,14-,15-/m0/s1. The van der Waals surface area contributed by atoms with Crippen LogP contribution in [0.4, 0.5) is 0 Å². The van der Waals surface area contributed by atoms with Gasteiger partial charge < -0.3 is 48.1 Å². The number of aliphatic hydroxyl groups is 1. The molecule has 0 aliphatic carbocycles. The van der Waals surface area contributed by atoms with Gasteiger partial charge in [0, 0.05) is 13.0 Å². The molecular weight excluding hydrogens is 450 g/mol. The molecule has 1 rings (SSSR count). The third-order valence-electron chi connectivity index (χ3n) is 4.58. The van der Waals surface area contributed by atoms with Crippen LogP contribution in [-0.4, -0.2) is 82.8 Å². The predicted molar refractivity (Wildman–Crippen MR) is 121 cm³/mol. The number of rotatable bonds is 14. The van der Waals surface area contributed by atoms with E-state index in [0.717, 1.165) is 0 Å². The van der Waals surface area contributed by atoms with Crippen LogP contribution in [0.5, 0.6) is 5.75 Å². The summed E-state index contributed by atoms with van der Waals surface area (Å²) in [6, 6.07) is 2.26. The number of benzene rings is 1. The molecule has 0 spiro atoms. The number of aromatic hydroxyl groups is 1. The van der Waals surface area contributed by atoms with Crippen molar-refractivity contribution in [2.24, 2.45) is 11.5 Å². The number of phenolic OH excluding ortho intramolecular Hbond substituents is 1. The minimum absolute atomic E-state index is 0.00502. The molecular formula is C20H31N7O7. The number of hydrogen-bond donors (Lipinski definition) is 10. The van der Waals surface area contributed by atoms with Gasteiger partial charge in [0.05, 0.1) is 12.6 Å². The number of carbonyl (C=O) groups is 4. The van der Waals surface area contributed by atoms with Gasteiger partial charge in [-0.05, 0) is 30.5 Å². The minimum Gasteiger partial charge on any atom is -0.508 e. The highest BCUT2D eigenvalue weighted by Crippen LogP contribution is 2.12. The van der Waals surface area contributed by atoms with Gasteiger partial charge in [0.1, 0.15) is 24.4 Å². The van der Waals surface area contributed by atoms with Gasteiger partial charge in [0.2, 0.25) is 17.7 Å². The number of carbonyl (C=O) groups excluding carboxylic acids is 3. The summed E-state index contributed by atoms with van der Waals surface area (Å²) in [5.41, 5.74) is 11.7. The van der Waals surface area contributed by atoms with Gasteiger partial charge in [0.15, 0.2) is 5.96 Å². The summed E-state index contributed by atoms with van der Waals surface area (Å²) in [6.45, 7) is -1.18. The molecule has 0 aliphatic rings. The third-order valence-corrected chi connectivity index (χ3v) is 4.58. The van der Waals surface area contributed by atoms with Crippen molar-refractivity contribution in [2.75, 3.05) is 19.7 Å². The summed E-state index contributed by atoms with van der Waals surface area (Å²) in [4.78, 5) is 48.1. The largest absolute Gasteiger partial charge is 0.508 e. The number of carboxylic acid groups (broad SMARTS) is 1. The lowest BCUT2D eigenvalue weighted by Crippen LogP contribution is -2.57. The van der Waals surface area contributed by atoms with Crippen LogP contribution in [0.3, 0.4) is 0 Å². The van der Waals surface area contributed by atoms with Crippen molar-refractivity contribution in [3.63, 3.8) is 0 Å². The second-order valence-electron chi connectivity index (χ2n) is 7.38. The summed E-state index contributed by atoms with van der Waals surface area (Å²) >= 11 is 0. The molecule has 0 fully saturated rings. The summed E-state index contributed by atoms with van der Waals surface area (Å²) in [5, 5.41) is 44.1. The average Bonchev–Trinajstić information content (AvgIpc) is 2.78. The molecule has 0 aromatic heterocycles. The van der Waals surface area contributed by atoms with Crippen molar-refractivity contribution in [2.45, 2.75) is 37.4 Å². The average molecular weight is 482 g/mol. The molecule has 0 saturated carbocycles. The van der Waals surface area contributed by atoms with Crippen LogP contribution in [0.25, 0.3) is 0 Å². The van der Waals surface area contributed by atoms with E-state index >= 15 is 0 Å². The SMILES string of the molecule is N=C(N)NCCC[C@H](N)C(=O)N[C@@H](Cc1ccc(O)cc1)C(=O)N[C@@H](CO)C(=O)NCC(=O)O. The van der Waals surface area contributed by atoms with E-state index in [-0.39, 0.29) is 24.6 Å². The van der Waals surface area contributed by atoms with Gasteiger partial charge in [-0.1, -0.05) is 12.1 Å². The fraction of sp³-hybridized carbons (Fsp3) is 0.450. The zero-order chi connectivity index (χ0) is 25.7. The zero-order valence-corrected chi connectivity index (χ0v) is 18.4. The monoisotopic (exact) mass is 481 g/mol. The van der Waals surface area contributed by atoms with E-state index in [0.29, 0.717) is 18.5 Å². The number of hydrogen-bond acceptors (Lipinski definition) is 8. The Morgan fingerprint density at radius 2 is 1.59 bits per heavy atom. The molecule has 0 radical (unpaired) electrons. The van der Waals surface area contributed by atoms with E-state index in [1.165, 1.54) is 24.3 Å². The van der Waals surface area contributed by atoms with Gasteiger partial charge in [0.25, 0.3) is 0 Å². The minimum atomic E-state index is -1.45. The van der Waals surface area contributed by atoms with Crippen molar-refractivity contribution < 1.29 is 34.5 Å². The maximum atomic E-state index is 12.8. The Morgan fingerprint density at radius 3 is 2.15 bits per heavy atom. The number of amides is 3. The summed E-state index contributed by atoms with van der Waals surface area (Å²) < 4.78 is 0. The molecule has 1 aromatic carbocycles. The molecule has 0 bridgehead atoms. The smallest absolute Gasteiger partial charge is 0.322 e. The van der Waals surface area contributed by atoms with Crippen LogP contribution in [0.1, 0.15) is 18.4 Å². The molecule has 3 amide bonds. The third kappa shape index (κ3) is 10.6. The van der Waals surface area contributed by atoms with Crippen molar-refractivity contribution in [1.29, 1.82) is 5.41 Å². The predicted octanol–water partition coefficient (Wildman–Crippen LogP) is -3.31. The second-order valence-corrected chi connectivity index (χ2v) is 7.38. The molecule has 0 heterocycles. The van der Waals surface area contributed by atoms with Crippen molar-refractivity contribution in [3.8, 4) is 5.75 Å². The molecule has 14 nitrogen and oxygen atoms in total. The fourth-order valence-electron chi connectivity index (χ4n) is 2.78. The van der Waals surface area contributed by atoms with Crippen LogP contribution >= 0.6 is 0 Å². The van der Waals surface area contributed by atoms with Gasteiger partial charge in [-0.15, -0.1) is 0 Å². The second kappa shape index (κ2) is 14.3. The molecule has 0 aliphatic heterocycles. The van der Waals surface area contributed by atoms with Crippen molar-refractivity contribution in [1.82, 2.24) is 21.3 Å². The van der Waals surface area contributed by atoms with E-state index in [1.54, 1.807) is 0 Å². The maximum Gasteiger partial charge on any atom is 0.322 e. The number of phenols is 1. The molecule has 0 saturated heterocycles. The van der Waals surface area contributed by atoms with Crippen LogP contribution in [0.2, 0.25) is 0 Å². The number of guanidine groups is 1. The summed E-state index contributed by atoms with van der Waals surface area (Å²) in [5.74, 6) is -3.88. The highest BCUT2D eigenvalue weighted by atomic mass is 16.4. The number of carboxylic acids is 1. The van der Waals surface area contributed by atoms with Crippen molar-refractivity contribution >= 4 is 29.7 Å². The van der Waals surface area contributed by atoms with E-state index < -0.39 is 55.0 Å². The molecule has 188 valence electrons. The molecule has 1 aromatic rings. The van der Waals surface area contributed by atoms with Crippen LogP contribution in [0.15, 0.2) is 24.3 Å². The van der Waals surface area contributed by atoms with Gasteiger partial charge in [-0.3, -0.25) is 24.6 Å². The maximum absolute atomic E-state index is 12.8. The Balaban J connectivity index is 2.87. The number of aliphatic hydroxyl groups excluding tert-OH is 1. The van der Waals surface area contributed by atoms with E-state index in [9.17, 15) is 29.4 Å². The van der Waals surface area contributed by atoms with E-state index in [2.05, 4.69) is 21.3 Å². The number of aliphatic carboxylic acids is 1. The molecule has 12 N–H and O–H groups in total. The first-order chi connectivity index (χ1) is 16.0. The zero-order valence-electron chi connectivity index (χ0n) is 18.4. The molecule has 14 heteroatoms. The first-order valence-electron chi connectivity index (χ1n) is 10.4. The number of nitrogens with one attached hydrogen (secondary N) is 5. The quantitative estimate of drug-likeness (QED) is 0.0719. The summed E-state index contributed by atoms with van der Waals surface area (Å²) in [6.07, 6.45) is 0.640. The van der Waals surface area contributed by atoms with E-state index in [1.807, 2.05) is 0 Å². The highest BCUT2D eigenvalue weighted by Gasteiger charge is 2.28. The lowest BCUT2D eigenvalue weighted by atomic mass is 10.0. The van der Waals surface area contributed by atoms with E-state index in [4.69, 9.17) is 22.0 Å². The van der Waals surface area contributed by atoms with Gasteiger partial charge >= 0.3 is 5.97 Å². The fourth-order valence-corrected chi connectivity index (χ4v) is 2.78. The normalized spacial score (nSPS) is 13.1. The highest BCUT2D eigenvalue weighted by molar-refractivity contribution is 5.93. The van der Waals surface area contributed by atoms with Crippen LogP contribution in [0, 0.1) is 5.41 Å². The molecule has 3 atom stereocenters. The Morgan fingerprint density at radius 1 is 0.971 bits per heavy atom. The molecule has 0 unspecified atom stereocenters. The van der Waals surface area contributed by atoms with Crippen LogP contribution < -0.4 is 32.7 Å².